The molecule has 4 nitrogen and oxygen atoms in total. The van der Waals surface area contributed by atoms with Crippen LogP contribution in [0.4, 0.5) is 0 Å². The van der Waals surface area contributed by atoms with Crippen LogP contribution >= 0.6 is 0 Å². The summed E-state index contributed by atoms with van der Waals surface area (Å²) in [4.78, 5) is 0. The average Bonchev–Trinajstić information content (AvgIpc) is 2.95. The second-order valence-electron chi connectivity index (χ2n) is 4.48. The third-order valence-corrected chi connectivity index (χ3v) is 3.06. The normalized spacial score (nSPS) is 10.6. The first-order chi connectivity index (χ1) is 9.80. The molecule has 0 aliphatic rings. The van der Waals surface area contributed by atoms with Gasteiger partial charge in [-0.2, -0.15) is 0 Å². The van der Waals surface area contributed by atoms with E-state index in [2.05, 4.69) is 12.2 Å². The number of benzene rings is 1. The summed E-state index contributed by atoms with van der Waals surface area (Å²) in [6.45, 7) is 3.85. The Morgan fingerprint density at radius 2 is 1.75 bits per heavy atom. The predicted octanol–water partition coefficient (Wildman–Crippen LogP) is 3.46. The molecule has 1 N–H and O–H groups in total. The molecule has 4 heteroatoms. The van der Waals surface area contributed by atoms with Gasteiger partial charge in [0.15, 0.2) is 0 Å². The molecule has 1 aromatic heterocycles. The quantitative estimate of drug-likeness (QED) is 0.786. The molecule has 0 saturated carbocycles. The monoisotopic (exact) mass is 275 g/mol. The van der Waals surface area contributed by atoms with E-state index in [1.54, 1.807) is 14.2 Å². The van der Waals surface area contributed by atoms with Crippen molar-refractivity contribution in [1.82, 2.24) is 5.32 Å². The molecule has 0 saturated heterocycles. The maximum atomic E-state index is 5.88. The van der Waals surface area contributed by atoms with Crippen molar-refractivity contribution in [2.24, 2.45) is 0 Å². The van der Waals surface area contributed by atoms with Gasteiger partial charge in [-0.15, -0.1) is 0 Å². The summed E-state index contributed by atoms with van der Waals surface area (Å²) in [6, 6.07) is 9.62. The molecular weight excluding hydrogens is 254 g/mol. The number of ether oxygens (including phenoxy) is 2. The zero-order chi connectivity index (χ0) is 14.4. The Balaban J connectivity index is 2.27. The van der Waals surface area contributed by atoms with Gasteiger partial charge in [0.2, 0.25) is 0 Å². The van der Waals surface area contributed by atoms with E-state index in [1.807, 2.05) is 30.3 Å². The number of rotatable bonds is 7. The van der Waals surface area contributed by atoms with Crippen LogP contribution in [0.3, 0.4) is 0 Å². The molecule has 0 amide bonds. The first kappa shape index (κ1) is 14.5. The molecule has 0 bridgehead atoms. The smallest absolute Gasteiger partial charge is 0.141 e. The Bertz CT molecular complexity index is 526. The van der Waals surface area contributed by atoms with Crippen molar-refractivity contribution in [2.45, 2.75) is 19.9 Å². The Labute approximate surface area is 119 Å². The van der Waals surface area contributed by atoms with Crippen molar-refractivity contribution in [1.29, 1.82) is 0 Å². The van der Waals surface area contributed by atoms with Crippen molar-refractivity contribution in [2.75, 3.05) is 20.8 Å². The Kier molecular flexibility index (Phi) is 5.07. The summed E-state index contributed by atoms with van der Waals surface area (Å²) < 4.78 is 16.7. The van der Waals surface area contributed by atoms with Crippen LogP contribution in [0.5, 0.6) is 11.5 Å². The SMILES string of the molecule is CCCNCc1ccc(-c2c(OC)cccc2OC)o1. The van der Waals surface area contributed by atoms with Crippen molar-refractivity contribution in [3.05, 3.63) is 36.1 Å². The number of nitrogens with one attached hydrogen (secondary N) is 1. The van der Waals surface area contributed by atoms with Crippen LogP contribution < -0.4 is 14.8 Å². The van der Waals surface area contributed by atoms with Gasteiger partial charge in [0, 0.05) is 0 Å². The van der Waals surface area contributed by atoms with Gasteiger partial charge in [-0.25, -0.2) is 0 Å². The van der Waals surface area contributed by atoms with E-state index >= 15 is 0 Å². The first-order valence-corrected chi connectivity index (χ1v) is 6.81. The molecule has 0 aliphatic heterocycles. The van der Waals surface area contributed by atoms with Gasteiger partial charge < -0.3 is 19.2 Å². The lowest BCUT2D eigenvalue weighted by Gasteiger charge is -2.10. The van der Waals surface area contributed by atoms with Gasteiger partial charge in [-0.05, 0) is 37.2 Å². The van der Waals surface area contributed by atoms with Crippen LogP contribution in [0.15, 0.2) is 34.7 Å². The molecule has 1 aromatic carbocycles. The summed E-state index contributed by atoms with van der Waals surface area (Å²) in [7, 11) is 3.29. The number of hydrogen-bond donors (Lipinski definition) is 1. The number of hydrogen-bond acceptors (Lipinski definition) is 4. The Morgan fingerprint density at radius 1 is 1.05 bits per heavy atom. The van der Waals surface area contributed by atoms with Crippen molar-refractivity contribution in [3.8, 4) is 22.8 Å². The van der Waals surface area contributed by atoms with Crippen LogP contribution in [0.25, 0.3) is 11.3 Å². The van der Waals surface area contributed by atoms with Crippen LogP contribution in [-0.4, -0.2) is 20.8 Å². The Hall–Kier alpha value is -1.94. The molecule has 0 atom stereocenters. The fourth-order valence-electron chi connectivity index (χ4n) is 2.09. The zero-order valence-corrected chi connectivity index (χ0v) is 12.2. The summed E-state index contributed by atoms with van der Waals surface area (Å²) in [5.74, 6) is 3.15. The van der Waals surface area contributed by atoms with Gasteiger partial charge in [0.25, 0.3) is 0 Å². The molecule has 1 heterocycles. The molecule has 0 radical (unpaired) electrons. The lowest BCUT2D eigenvalue weighted by molar-refractivity contribution is 0.393. The highest BCUT2D eigenvalue weighted by Gasteiger charge is 2.15. The minimum Gasteiger partial charge on any atom is -0.496 e. The van der Waals surface area contributed by atoms with Crippen LogP contribution in [0, 0.1) is 0 Å². The molecule has 108 valence electrons. The van der Waals surface area contributed by atoms with Gasteiger partial charge >= 0.3 is 0 Å². The predicted molar refractivity (Wildman–Crippen MR) is 79.2 cm³/mol. The number of furan rings is 1. The number of methoxy groups -OCH3 is 2. The average molecular weight is 275 g/mol. The fraction of sp³-hybridized carbons (Fsp3) is 0.375. The van der Waals surface area contributed by atoms with E-state index in [0.29, 0.717) is 0 Å². The third-order valence-electron chi connectivity index (χ3n) is 3.06. The van der Waals surface area contributed by atoms with E-state index in [1.165, 1.54) is 0 Å². The maximum absolute atomic E-state index is 5.88. The molecule has 0 spiro atoms. The molecule has 0 fully saturated rings. The molecular formula is C16H21NO3. The van der Waals surface area contributed by atoms with E-state index in [-0.39, 0.29) is 0 Å². The minimum absolute atomic E-state index is 0.727. The van der Waals surface area contributed by atoms with E-state index in [0.717, 1.165) is 48.1 Å². The standard InChI is InChI=1S/C16H21NO3/c1-4-10-17-11-12-8-9-15(20-12)16-13(18-2)6-5-7-14(16)19-3/h5-9,17H,4,10-11H2,1-3H3. The van der Waals surface area contributed by atoms with E-state index in [9.17, 15) is 0 Å². The molecule has 2 aromatic rings. The lowest BCUT2D eigenvalue weighted by Crippen LogP contribution is -2.12. The second-order valence-corrected chi connectivity index (χ2v) is 4.48. The Morgan fingerprint density at radius 3 is 2.35 bits per heavy atom. The maximum Gasteiger partial charge on any atom is 0.141 e. The molecule has 2 rings (SSSR count). The van der Waals surface area contributed by atoms with E-state index < -0.39 is 0 Å². The molecule has 20 heavy (non-hydrogen) atoms. The van der Waals surface area contributed by atoms with Crippen molar-refractivity contribution >= 4 is 0 Å². The summed E-state index contributed by atoms with van der Waals surface area (Å²) in [5, 5.41) is 3.32. The van der Waals surface area contributed by atoms with Gasteiger partial charge in [0.1, 0.15) is 28.6 Å². The van der Waals surface area contributed by atoms with Gasteiger partial charge in [-0.1, -0.05) is 13.0 Å². The topological polar surface area (TPSA) is 43.6 Å². The van der Waals surface area contributed by atoms with E-state index in [4.69, 9.17) is 13.9 Å². The fourth-order valence-corrected chi connectivity index (χ4v) is 2.09. The van der Waals surface area contributed by atoms with Crippen molar-refractivity contribution < 1.29 is 13.9 Å². The van der Waals surface area contributed by atoms with Crippen LogP contribution in [-0.2, 0) is 6.54 Å². The first-order valence-electron chi connectivity index (χ1n) is 6.81. The molecule has 0 unspecified atom stereocenters. The largest absolute Gasteiger partial charge is 0.496 e. The molecule has 0 aliphatic carbocycles. The lowest BCUT2D eigenvalue weighted by atomic mass is 10.1. The van der Waals surface area contributed by atoms with Crippen LogP contribution in [0.1, 0.15) is 19.1 Å². The highest BCUT2D eigenvalue weighted by molar-refractivity contribution is 5.73. The highest BCUT2D eigenvalue weighted by Crippen LogP contribution is 2.38. The highest BCUT2D eigenvalue weighted by atomic mass is 16.5. The van der Waals surface area contributed by atoms with Gasteiger partial charge in [0.05, 0.1) is 20.8 Å². The third kappa shape index (κ3) is 3.14. The zero-order valence-electron chi connectivity index (χ0n) is 12.2. The minimum atomic E-state index is 0.727. The summed E-state index contributed by atoms with van der Waals surface area (Å²) in [6.07, 6.45) is 1.11. The second kappa shape index (κ2) is 7.01. The summed E-state index contributed by atoms with van der Waals surface area (Å²) >= 11 is 0. The van der Waals surface area contributed by atoms with Crippen molar-refractivity contribution in [3.63, 3.8) is 0 Å². The van der Waals surface area contributed by atoms with Gasteiger partial charge in [-0.3, -0.25) is 0 Å². The van der Waals surface area contributed by atoms with Crippen LogP contribution in [0.2, 0.25) is 0 Å². The summed E-state index contributed by atoms with van der Waals surface area (Å²) in [5.41, 5.74) is 0.847.